The molecule has 6 heteroatoms. The zero-order valence-corrected chi connectivity index (χ0v) is 12.5. The molecule has 0 amide bonds. The van der Waals surface area contributed by atoms with Gasteiger partial charge in [0.1, 0.15) is 11.5 Å². The molecule has 2 aromatic carbocycles. The number of pyridine rings is 1. The van der Waals surface area contributed by atoms with E-state index in [9.17, 15) is 10.1 Å². The molecule has 0 aliphatic heterocycles. The molecule has 4 aromatic rings. The van der Waals surface area contributed by atoms with Crippen molar-refractivity contribution in [1.82, 2.24) is 14.5 Å². The van der Waals surface area contributed by atoms with Crippen LogP contribution in [-0.4, -0.2) is 19.5 Å². The number of nitro benzene ring substituents is 1. The summed E-state index contributed by atoms with van der Waals surface area (Å²) in [6.45, 7) is 0. The minimum atomic E-state index is -0.375. The second kappa shape index (κ2) is 5.58. The Balaban J connectivity index is 2.10. The average molecular weight is 316 g/mol. The summed E-state index contributed by atoms with van der Waals surface area (Å²) < 4.78 is 1.82. The number of imidazole rings is 1. The fraction of sp³-hybridized carbons (Fsp3) is 0. The maximum Gasteiger partial charge on any atom is 0.293 e. The SMILES string of the molecule is O=[N+]([O-])c1ccccc1-n1c(-c2ccncc2)nc2ccccc21. The normalized spacial score (nSPS) is 10.8. The predicted octanol–water partition coefficient (Wildman–Crippen LogP) is 4.00. The summed E-state index contributed by atoms with van der Waals surface area (Å²) in [6, 6.07) is 18.0. The van der Waals surface area contributed by atoms with Crippen molar-refractivity contribution in [2.75, 3.05) is 0 Å². The first kappa shape index (κ1) is 14.1. The summed E-state index contributed by atoms with van der Waals surface area (Å²) in [4.78, 5) is 19.8. The quantitative estimate of drug-likeness (QED) is 0.423. The van der Waals surface area contributed by atoms with Crippen molar-refractivity contribution in [2.24, 2.45) is 0 Å². The lowest BCUT2D eigenvalue weighted by Crippen LogP contribution is -2.02. The van der Waals surface area contributed by atoms with Gasteiger partial charge < -0.3 is 0 Å². The maximum absolute atomic E-state index is 11.5. The zero-order chi connectivity index (χ0) is 16.5. The van der Waals surface area contributed by atoms with Crippen molar-refractivity contribution in [1.29, 1.82) is 0 Å². The van der Waals surface area contributed by atoms with Crippen LogP contribution in [0.1, 0.15) is 0 Å². The first-order valence-corrected chi connectivity index (χ1v) is 7.37. The van der Waals surface area contributed by atoms with E-state index >= 15 is 0 Å². The summed E-state index contributed by atoms with van der Waals surface area (Å²) in [7, 11) is 0. The third kappa shape index (κ3) is 2.21. The fourth-order valence-electron chi connectivity index (χ4n) is 2.77. The number of aromatic nitrogens is 3. The number of para-hydroxylation sites is 4. The molecule has 0 atom stereocenters. The monoisotopic (exact) mass is 316 g/mol. The molecule has 2 heterocycles. The number of fused-ring (bicyclic) bond motifs is 1. The number of nitrogens with zero attached hydrogens (tertiary/aromatic N) is 4. The Labute approximate surface area is 137 Å². The minimum Gasteiger partial charge on any atom is -0.286 e. The van der Waals surface area contributed by atoms with Gasteiger partial charge in [0.2, 0.25) is 0 Å². The highest BCUT2D eigenvalue weighted by Gasteiger charge is 2.20. The largest absolute Gasteiger partial charge is 0.293 e. The fourth-order valence-corrected chi connectivity index (χ4v) is 2.77. The summed E-state index contributed by atoms with van der Waals surface area (Å²) in [6.07, 6.45) is 3.36. The predicted molar refractivity (Wildman–Crippen MR) is 91.0 cm³/mol. The van der Waals surface area contributed by atoms with Crippen molar-refractivity contribution in [3.05, 3.63) is 83.2 Å². The summed E-state index contributed by atoms with van der Waals surface area (Å²) in [5, 5.41) is 11.5. The van der Waals surface area contributed by atoms with Gasteiger partial charge in [0.05, 0.1) is 16.0 Å². The highest BCUT2D eigenvalue weighted by Crippen LogP contribution is 2.32. The van der Waals surface area contributed by atoms with Gasteiger partial charge in [0, 0.05) is 24.0 Å². The average Bonchev–Trinajstić information content (AvgIpc) is 3.02. The molecule has 4 rings (SSSR count). The molecule has 0 radical (unpaired) electrons. The van der Waals surface area contributed by atoms with E-state index < -0.39 is 0 Å². The minimum absolute atomic E-state index is 0.0379. The Hall–Kier alpha value is -3.54. The molecule has 116 valence electrons. The molecule has 6 nitrogen and oxygen atoms in total. The molecule has 0 aliphatic rings. The van der Waals surface area contributed by atoms with E-state index in [0.717, 1.165) is 16.6 Å². The maximum atomic E-state index is 11.5. The standard InChI is InChI=1S/C18H12N4O2/c23-22(24)17-8-4-3-7-16(17)21-15-6-2-1-5-14(15)20-18(21)13-9-11-19-12-10-13/h1-12H. The Bertz CT molecular complexity index is 1040. The molecule has 0 saturated carbocycles. The Morgan fingerprint density at radius 3 is 2.42 bits per heavy atom. The molecule has 0 saturated heterocycles. The highest BCUT2D eigenvalue weighted by molar-refractivity contribution is 5.84. The molecule has 0 unspecified atom stereocenters. The molecule has 2 aromatic heterocycles. The van der Waals surface area contributed by atoms with E-state index in [1.54, 1.807) is 30.6 Å². The van der Waals surface area contributed by atoms with Crippen molar-refractivity contribution in [2.45, 2.75) is 0 Å². The third-order valence-electron chi connectivity index (χ3n) is 3.82. The summed E-state index contributed by atoms with van der Waals surface area (Å²) >= 11 is 0. The Morgan fingerprint density at radius 1 is 0.917 bits per heavy atom. The number of rotatable bonds is 3. The summed E-state index contributed by atoms with van der Waals surface area (Å²) in [5.41, 5.74) is 2.97. The topological polar surface area (TPSA) is 73.8 Å². The Kier molecular flexibility index (Phi) is 3.28. The van der Waals surface area contributed by atoms with Gasteiger partial charge in [0.25, 0.3) is 5.69 Å². The van der Waals surface area contributed by atoms with Gasteiger partial charge in [-0.25, -0.2) is 4.98 Å². The number of hydrogen-bond donors (Lipinski definition) is 0. The summed E-state index contributed by atoms with van der Waals surface area (Å²) in [5.74, 6) is 0.646. The van der Waals surface area contributed by atoms with Gasteiger partial charge in [-0.3, -0.25) is 19.7 Å². The van der Waals surface area contributed by atoms with Crippen molar-refractivity contribution < 1.29 is 4.92 Å². The van der Waals surface area contributed by atoms with Crippen LogP contribution < -0.4 is 0 Å². The van der Waals surface area contributed by atoms with Crippen LogP contribution >= 0.6 is 0 Å². The van der Waals surface area contributed by atoms with Gasteiger partial charge in [0.15, 0.2) is 0 Å². The highest BCUT2D eigenvalue weighted by atomic mass is 16.6. The van der Waals surface area contributed by atoms with Crippen LogP contribution in [0.25, 0.3) is 28.1 Å². The van der Waals surface area contributed by atoms with Crippen LogP contribution in [0.15, 0.2) is 73.1 Å². The van der Waals surface area contributed by atoms with Crippen molar-refractivity contribution >= 4 is 16.7 Å². The molecular formula is C18H12N4O2. The lowest BCUT2D eigenvalue weighted by Gasteiger charge is -2.09. The molecular weight excluding hydrogens is 304 g/mol. The number of benzene rings is 2. The van der Waals surface area contributed by atoms with E-state index in [-0.39, 0.29) is 10.6 Å². The van der Waals surface area contributed by atoms with Gasteiger partial charge in [-0.15, -0.1) is 0 Å². The van der Waals surface area contributed by atoms with Crippen LogP contribution in [0.3, 0.4) is 0 Å². The van der Waals surface area contributed by atoms with E-state index in [1.807, 2.05) is 41.0 Å². The van der Waals surface area contributed by atoms with E-state index in [2.05, 4.69) is 9.97 Å². The van der Waals surface area contributed by atoms with Crippen molar-refractivity contribution in [3.63, 3.8) is 0 Å². The first-order chi connectivity index (χ1) is 11.8. The zero-order valence-electron chi connectivity index (χ0n) is 12.5. The van der Waals surface area contributed by atoms with Crippen LogP contribution in [0, 0.1) is 10.1 Å². The molecule has 0 bridgehead atoms. The molecule has 0 fully saturated rings. The van der Waals surface area contributed by atoms with Gasteiger partial charge in [-0.2, -0.15) is 0 Å². The molecule has 0 N–H and O–H groups in total. The Morgan fingerprint density at radius 2 is 1.62 bits per heavy atom. The van der Waals surface area contributed by atoms with Crippen LogP contribution in [0.5, 0.6) is 0 Å². The lowest BCUT2D eigenvalue weighted by atomic mass is 10.2. The van der Waals surface area contributed by atoms with Crippen LogP contribution in [0.2, 0.25) is 0 Å². The van der Waals surface area contributed by atoms with Gasteiger partial charge in [-0.05, 0) is 30.3 Å². The molecule has 0 aliphatic carbocycles. The smallest absolute Gasteiger partial charge is 0.286 e. The molecule has 0 spiro atoms. The van der Waals surface area contributed by atoms with E-state index in [4.69, 9.17) is 0 Å². The first-order valence-electron chi connectivity index (χ1n) is 7.37. The van der Waals surface area contributed by atoms with Gasteiger partial charge >= 0.3 is 0 Å². The lowest BCUT2D eigenvalue weighted by molar-refractivity contribution is -0.384. The van der Waals surface area contributed by atoms with E-state index in [1.165, 1.54) is 6.07 Å². The van der Waals surface area contributed by atoms with Crippen LogP contribution in [-0.2, 0) is 0 Å². The number of nitro groups is 1. The van der Waals surface area contributed by atoms with E-state index in [0.29, 0.717) is 11.5 Å². The number of hydrogen-bond acceptors (Lipinski definition) is 4. The van der Waals surface area contributed by atoms with Crippen LogP contribution in [0.4, 0.5) is 5.69 Å². The second-order valence-electron chi connectivity index (χ2n) is 5.24. The third-order valence-corrected chi connectivity index (χ3v) is 3.82. The molecule has 24 heavy (non-hydrogen) atoms. The van der Waals surface area contributed by atoms with Crippen molar-refractivity contribution in [3.8, 4) is 17.1 Å². The van der Waals surface area contributed by atoms with Gasteiger partial charge in [-0.1, -0.05) is 24.3 Å². The second-order valence-corrected chi connectivity index (χ2v) is 5.24.